The minimum Gasteiger partial charge on any atom is -0.342 e. The quantitative estimate of drug-likeness (QED) is 0.593. The first-order valence-corrected chi connectivity index (χ1v) is 8.80. The van der Waals surface area contributed by atoms with Crippen LogP contribution in [0.2, 0.25) is 0 Å². The highest BCUT2D eigenvalue weighted by Gasteiger charge is 2.21. The van der Waals surface area contributed by atoms with E-state index in [0.717, 1.165) is 18.4 Å². The Hall–Kier alpha value is -1.56. The summed E-state index contributed by atoms with van der Waals surface area (Å²) >= 11 is 1.56. The van der Waals surface area contributed by atoms with Gasteiger partial charge in [0, 0.05) is 31.0 Å². The van der Waals surface area contributed by atoms with Crippen LogP contribution in [0.25, 0.3) is 0 Å². The Morgan fingerprint density at radius 1 is 1.27 bits per heavy atom. The fourth-order valence-electron chi connectivity index (χ4n) is 2.74. The first-order chi connectivity index (χ1) is 10.6. The Balaban J connectivity index is 1.75. The van der Waals surface area contributed by atoms with Gasteiger partial charge in [-0.3, -0.25) is 14.9 Å². The highest BCUT2D eigenvalue weighted by Crippen LogP contribution is 2.23. The van der Waals surface area contributed by atoms with Crippen molar-refractivity contribution >= 4 is 23.4 Å². The molecule has 22 heavy (non-hydrogen) atoms. The van der Waals surface area contributed by atoms with Gasteiger partial charge in [0.15, 0.2) is 0 Å². The van der Waals surface area contributed by atoms with E-state index in [1.54, 1.807) is 23.9 Å². The zero-order valence-electron chi connectivity index (χ0n) is 12.9. The number of nitro benzene ring substituents is 1. The molecule has 0 unspecified atom stereocenters. The van der Waals surface area contributed by atoms with Gasteiger partial charge in [-0.05, 0) is 18.4 Å². The number of nitro groups is 1. The summed E-state index contributed by atoms with van der Waals surface area (Å²) in [4.78, 5) is 24.3. The monoisotopic (exact) mass is 322 g/mol. The van der Waals surface area contributed by atoms with Crippen molar-refractivity contribution in [1.82, 2.24) is 4.90 Å². The van der Waals surface area contributed by atoms with Crippen LogP contribution in [-0.4, -0.2) is 34.6 Å². The number of carbonyl (C=O) groups is 1. The van der Waals surface area contributed by atoms with Crippen molar-refractivity contribution in [3.05, 3.63) is 39.9 Å². The van der Waals surface area contributed by atoms with E-state index in [9.17, 15) is 14.9 Å². The summed E-state index contributed by atoms with van der Waals surface area (Å²) in [6.07, 6.45) is 5.97. The predicted molar refractivity (Wildman–Crippen MR) is 88.9 cm³/mol. The van der Waals surface area contributed by atoms with Crippen molar-refractivity contribution in [2.24, 2.45) is 0 Å². The smallest absolute Gasteiger partial charge is 0.269 e. The number of thioether (sulfide) groups is 1. The van der Waals surface area contributed by atoms with Gasteiger partial charge in [-0.25, -0.2) is 0 Å². The summed E-state index contributed by atoms with van der Waals surface area (Å²) < 4.78 is 0. The van der Waals surface area contributed by atoms with Crippen molar-refractivity contribution in [2.45, 2.75) is 43.9 Å². The fraction of sp³-hybridized carbons (Fsp3) is 0.562. The van der Waals surface area contributed by atoms with E-state index in [-0.39, 0.29) is 11.6 Å². The summed E-state index contributed by atoms with van der Waals surface area (Å²) in [6, 6.07) is 6.92. The molecule has 0 atom stereocenters. The van der Waals surface area contributed by atoms with E-state index >= 15 is 0 Å². The van der Waals surface area contributed by atoms with Crippen molar-refractivity contribution in [3.63, 3.8) is 0 Å². The van der Waals surface area contributed by atoms with Gasteiger partial charge in [0.2, 0.25) is 5.91 Å². The second kappa shape index (κ2) is 8.17. The van der Waals surface area contributed by atoms with Crippen LogP contribution >= 0.6 is 11.8 Å². The van der Waals surface area contributed by atoms with Gasteiger partial charge in [0.05, 0.1) is 10.7 Å². The molecule has 0 aromatic heterocycles. The lowest BCUT2D eigenvalue weighted by atomic mass is 9.94. The minimum atomic E-state index is -0.403. The predicted octanol–water partition coefficient (Wildman–Crippen LogP) is 3.62. The van der Waals surface area contributed by atoms with Gasteiger partial charge < -0.3 is 4.90 Å². The molecule has 0 bridgehead atoms. The molecule has 2 rings (SSSR count). The van der Waals surface area contributed by atoms with Gasteiger partial charge in [-0.2, -0.15) is 0 Å². The number of carbonyl (C=O) groups excluding carboxylic acids is 1. The molecule has 1 aliphatic rings. The zero-order valence-corrected chi connectivity index (χ0v) is 13.7. The summed E-state index contributed by atoms with van der Waals surface area (Å²) in [5.41, 5.74) is 1.10. The van der Waals surface area contributed by atoms with Crippen molar-refractivity contribution < 1.29 is 9.72 Å². The molecule has 1 aromatic rings. The largest absolute Gasteiger partial charge is 0.342 e. The van der Waals surface area contributed by atoms with E-state index in [1.165, 1.54) is 31.4 Å². The molecule has 0 N–H and O–H groups in total. The molecule has 0 aliphatic heterocycles. The molecule has 1 aromatic carbocycles. The average molecular weight is 322 g/mol. The minimum absolute atomic E-state index is 0.0989. The van der Waals surface area contributed by atoms with Gasteiger partial charge in [0.25, 0.3) is 5.69 Å². The number of benzene rings is 1. The third-order valence-corrected chi connectivity index (χ3v) is 5.15. The summed E-state index contributed by atoms with van der Waals surface area (Å²) in [5, 5.41) is 10.6. The SMILES string of the molecule is CN(C(=O)CSCc1ccc([N+](=O)[O-])cc1)C1CCCCC1. The molecular weight excluding hydrogens is 300 g/mol. The Bertz CT molecular complexity index is 513. The molecule has 0 radical (unpaired) electrons. The van der Waals surface area contributed by atoms with E-state index in [2.05, 4.69) is 0 Å². The molecule has 6 heteroatoms. The van der Waals surface area contributed by atoms with E-state index in [4.69, 9.17) is 0 Å². The topological polar surface area (TPSA) is 63.5 Å². The highest BCUT2D eigenvalue weighted by atomic mass is 32.2. The van der Waals surface area contributed by atoms with Crippen LogP contribution in [-0.2, 0) is 10.5 Å². The summed E-state index contributed by atoms with van der Waals surface area (Å²) in [7, 11) is 1.91. The number of hydrogen-bond acceptors (Lipinski definition) is 4. The molecule has 5 nitrogen and oxygen atoms in total. The molecule has 120 valence electrons. The lowest BCUT2D eigenvalue weighted by Gasteiger charge is -2.31. The first-order valence-electron chi connectivity index (χ1n) is 7.64. The highest BCUT2D eigenvalue weighted by molar-refractivity contribution is 7.99. The Morgan fingerprint density at radius 2 is 1.91 bits per heavy atom. The van der Waals surface area contributed by atoms with Gasteiger partial charge in [0.1, 0.15) is 0 Å². The average Bonchev–Trinajstić information content (AvgIpc) is 2.55. The number of non-ortho nitro benzene ring substituents is 1. The molecular formula is C16H22N2O3S. The summed E-state index contributed by atoms with van der Waals surface area (Å²) in [6.45, 7) is 0. The third kappa shape index (κ3) is 4.73. The lowest BCUT2D eigenvalue weighted by molar-refractivity contribution is -0.384. The van der Waals surface area contributed by atoms with Crippen LogP contribution in [0.1, 0.15) is 37.7 Å². The number of amides is 1. The number of rotatable bonds is 6. The lowest BCUT2D eigenvalue weighted by Crippen LogP contribution is -2.39. The maximum absolute atomic E-state index is 12.2. The normalized spacial score (nSPS) is 15.5. The second-order valence-corrected chi connectivity index (χ2v) is 6.70. The molecule has 0 heterocycles. The molecule has 0 saturated heterocycles. The molecule has 1 saturated carbocycles. The maximum Gasteiger partial charge on any atom is 0.269 e. The Kier molecular flexibility index (Phi) is 6.24. The van der Waals surface area contributed by atoms with Crippen LogP contribution < -0.4 is 0 Å². The van der Waals surface area contributed by atoms with Crippen LogP contribution in [0, 0.1) is 10.1 Å². The van der Waals surface area contributed by atoms with Gasteiger partial charge in [-0.15, -0.1) is 11.8 Å². The van der Waals surface area contributed by atoms with Crippen LogP contribution in [0.4, 0.5) is 5.69 Å². The van der Waals surface area contributed by atoms with E-state index in [0.29, 0.717) is 17.5 Å². The third-order valence-electron chi connectivity index (χ3n) is 4.16. The second-order valence-electron chi connectivity index (χ2n) is 5.71. The van der Waals surface area contributed by atoms with Gasteiger partial charge in [-0.1, -0.05) is 31.4 Å². The van der Waals surface area contributed by atoms with Crippen molar-refractivity contribution in [2.75, 3.05) is 12.8 Å². The fourth-order valence-corrected chi connectivity index (χ4v) is 3.65. The van der Waals surface area contributed by atoms with E-state index < -0.39 is 4.92 Å². The van der Waals surface area contributed by atoms with E-state index in [1.807, 2.05) is 11.9 Å². The Morgan fingerprint density at radius 3 is 2.50 bits per heavy atom. The van der Waals surface area contributed by atoms with Crippen LogP contribution in [0.5, 0.6) is 0 Å². The van der Waals surface area contributed by atoms with Crippen molar-refractivity contribution in [3.8, 4) is 0 Å². The first kappa shape index (κ1) is 16.8. The number of hydrogen-bond donors (Lipinski definition) is 0. The molecule has 1 aliphatic carbocycles. The Labute approximate surface area is 135 Å². The summed E-state index contributed by atoms with van der Waals surface area (Å²) in [5.74, 6) is 1.34. The van der Waals surface area contributed by atoms with Crippen LogP contribution in [0.3, 0.4) is 0 Å². The molecule has 1 fully saturated rings. The molecule has 0 spiro atoms. The maximum atomic E-state index is 12.2. The number of nitrogens with zero attached hydrogens (tertiary/aromatic N) is 2. The van der Waals surface area contributed by atoms with Crippen molar-refractivity contribution in [1.29, 1.82) is 0 Å². The zero-order chi connectivity index (χ0) is 15.9. The molecule has 1 amide bonds. The van der Waals surface area contributed by atoms with Crippen LogP contribution in [0.15, 0.2) is 24.3 Å². The van der Waals surface area contributed by atoms with Gasteiger partial charge >= 0.3 is 0 Å². The standard InChI is InChI=1S/C16H22N2O3S/c1-17(14-5-3-2-4-6-14)16(19)12-22-11-13-7-9-15(10-8-13)18(20)21/h7-10,14H,2-6,11-12H2,1H3.